The molecule has 32 heavy (non-hydrogen) atoms. The number of carbonyl (C=O) groups excluding carboxylic acids is 2. The zero-order valence-corrected chi connectivity index (χ0v) is 19.1. The predicted molar refractivity (Wildman–Crippen MR) is 124 cm³/mol. The molecule has 8 heteroatoms. The lowest BCUT2D eigenvalue weighted by atomic mass is 10.0. The maximum absolute atomic E-state index is 13.0. The molecule has 2 saturated heterocycles. The maximum atomic E-state index is 13.0. The van der Waals surface area contributed by atoms with Crippen molar-refractivity contribution in [1.29, 1.82) is 0 Å². The van der Waals surface area contributed by atoms with Gasteiger partial charge in [-0.05, 0) is 49.2 Å². The normalized spacial score (nSPS) is 23.9. The average molecular weight is 456 g/mol. The van der Waals surface area contributed by atoms with E-state index in [1.807, 2.05) is 36.4 Å². The minimum Gasteiger partial charge on any atom is -0.353 e. The van der Waals surface area contributed by atoms with Crippen LogP contribution in [0, 0.1) is 0 Å². The minimum atomic E-state index is -0.191. The lowest BCUT2D eigenvalue weighted by Gasteiger charge is -2.33. The highest BCUT2D eigenvalue weighted by Crippen LogP contribution is 2.29. The molecule has 0 bridgehead atoms. The molecule has 0 saturated carbocycles. The topological polar surface area (TPSA) is 77.6 Å². The van der Waals surface area contributed by atoms with E-state index in [-0.39, 0.29) is 29.9 Å². The van der Waals surface area contributed by atoms with E-state index in [0.717, 1.165) is 24.1 Å². The van der Waals surface area contributed by atoms with Gasteiger partial charge in [0, 0.05) is 62.1 Å². The summed E-state index contributed by atoms with van der Waals surface area (Å²) in [7, 11) is 2.08. The van der Waals surface area contributed by atoms with Crippen molar-refractivity contribution >= 4 is 23.4 Å². The van der Waals surface area contributed by atoms with Crippen molar-refractivity contribution in [2.45, 2.75) is 50.5 Å². The number of hydrogen-bond acceptors (Lipinski definition) is 5. The number of halogens is 1. The van der Waals surface area contributed by atoms with Gasteiger partial charge in [0.15, 0.2) is 0 Å². The van der Waals surface area contributed by atoms with Crippen LogP contribution in [0.25, 0.3) is 0 Å². The summed E-state index contributed by atoms with van der Waals surface area (Å²) in [4.78, 5) is 33.9. The number of carbonyl (C=O) groups is 2. The van der Waals surface area contributed by atoms with Crippen molar-refractivity contribution in [3.8, 4) is 0 Å². The Hall–Kier alpha value is -2.48. The summed E-state index contributed by atoms with van der Waals surface area (Å²) in [6.45, 7) is 2.60. The summed E-state index contributed by atoms with van der Waals surface area (Å²) >= 11 is 6.14. The second-order valence-corrected chi connectivity index (χ2v) is 9.08. The summed E-state index contributed by atoms with van der Waals surface area (Å²) in [5.74, 6) is 0.0910. The number of benzene rings is 1. The Kier molecular flexibility index (Phi) is 7.40. The predicted octanol–water partition coefficient (Wildman–Crippen LogP) is 2.20. The first-order valence-corrected chi connectivity index (χ1v) is 11.5. The number of pyridine rings is 1. The number of hydrogen-bond donors (Lipinski definition) is 2. The number of fused-ring (bicyclic) bond motifs is 1. The molecule has 4 rings (SSSR count). The van der Waals surface area contributed by atoms with E-state index < -0.39 is 0 Å². The quantitative estimate of drug-likeness (QED) is 0.669. The van der Waals surface area contributed by atoms with Crippen LogP contribution in [-0.4, -0.2) is 64.9 Å². The lowest BCUT2D eigenvalue weighted by Crippen LogP contribution is -2.49. The fraction of sp³-hybridized carbons (Fsp3) is 0.458. The number of likely N-dealkylation sites (tertiary alicyclic amines) is 1. The van der Waals surface area contributed by atoms with E-state index in [2.05, 4.69) is 32.5 Å². The third-order valence-electron chi connectivity index (χ3n) is 6.54. The van der Waals surface area contributed by atoms with Crippen molar-refractivity contribution in [3.63, 3.8) is 0 Å². The van der Waals surface area contributed by atoms with Gasteiger partial charge in [-0.2, -0.15) is 0 Å². The standard InChI is InChI=1S/C24H30ClN5O2/c1-29-20(7-8-22(31)27-14-18-5-3-10-26-13-18)15-28-24(32)23-21(29)9-11-30(23)16-17-4-2-6-19(25)12-17/h2-6,10,12-13,20-21,23H,7-9,11,14-16H2,1H3,(H,27,31)(H,28,32). The highest BCUT2D eigenvalue weighted by molar-refractivity contribution is 6.30. The number of likely N-dealkylation sites (N-methyl/N-ethyl adjacent to an activating group) is 1. The zero-order chi connectivity index (χ0) is 22.5. The molecule has 0 radical (unpaired) electrons. The molecule has 170 valence electrons. The molecular weight excluding hydrogens is 426 g/mol. The van der Waals surface area contributed by atoms with Crippen LogP contribution >= 0.6 is 11.6 Å². The van der Waals surface area contributed by atoms with Crippen molar-refractivity contribution in [3.05, 3.63) is 64.9 Å². The second-order valence-electron chi connectivity index (χ2n) is 8.64. The molecule has 2 N–H and O–H groups in total. The molecule has 7 nitrogen and oxygen atoms in total. The summed E-state index contributed by atoms with van der Waals surface area (Å²) in [6.07, 6.45) is 5.53. The second kappa shape index (κ2) is 10.4. The first kappa shape index (κ1) is 22.7. The highest BCUT2D eigenvalue weighted by Gasteiger charge is 2.44. The van der Waals surface area contributed by atoms with Gasteiger partial charge in [-0.25, -0.2) is 0 Å². The molecule has 1 aromatic heterocycles. The largest absolute Gasteiger partial charge is 0.353 e. The lowest BCUT2D eigenvalue weighted by molar-refractivity contribution is -0.126. The van der Waals surface area contributed by atoms with Gasteiger partial charge in [0.1, 0.15) is 6.04 Å². The van der Waals surface area contributed by atoms with E-state index in [9.17, 15) is 9.59 Å². The van der Waals surface area contributed by atoms with Crippen LogP contribution in [0.3, 0.4) is 0 Å². The first-order valence-electron chi connectivity index (χ1n) is 11.1. The number of rotatable bonds is 7. The monoisotopic (exact) mass is 455 g/mol. The molecule has 2 aliphatic rings. The summed E-state index contributed by atoms with van der Waals surface area (Å²) in [5.41, 5.74) is 2.09. The number of amides is 2. The molecule has 0 aliphatic carbocycles. The molecule has 2 aromatic rings. The highest BCUT2D eigenvalue weighted by atomic mass is 35.5. The Bertz CT molecular complexity index is 941. The Morgan fingerprint density at radius 1 is 1.28 bits per heavy atom. The Balaban J connectivity index is 1.33. The smallest absolute Gasteiger partial charge is 0.239 e. The van der Waals surface area contributed by atoms with Crippen LogP contribution in [0.2, 0.25) is 5.02 Å². The van der Waals surface area contributed by atoms with Crippen LogP contribution in [0.5, 0.6) is 0 Å². The van der Waals surface area contributed by atoms with E-state index in [4.69, 9.17) is 11.6 Å². The van der Waals surface area contributed by atoms with E-state index in [0.29, 0.717) is 37.5 Å². The molecule has 2 fully saturated rings. The molecular formula is C24H30ClN5O2. The minimum absolute atomic E-state index is 0.0170. The van der Waals surface area contributed by atoms with Crippen LogP contribution in [0.1, 0.15) is 30.4 Å². The molecule has 3 atom stereocenters. The number of nitrogens with one attached hydrogen (secondary N) is 2. The fourth-order valence-corrected chi connectivity index (χ4v) is 5.00. The summed E-state index contributed by atoms with van der Waals surface area (Å²) in [5, 5.41) is 6.79. The Labute approximate surface area is 194 Å². The van der Waals surface area contributed by atoms with Crippen LogP contribution in [-0.2, 0) is 22.7 Å². The van der Waals surface area contributed by atoms with E-state index >= 15 is 0 Å². The van der Waals surface area contributed by atoms with Gasteiger partial charge in [0.2, 0.25) is 11.8 Å². The van der Waals surface area contributed by atoms with Crippen LogP contribution in [0.4, 0.5) is 0 Å². The first-order chi connectivity index (χ1) is 15.5. The third kappa shape index (κ3) is 5.46. The van der Waals surface area contributed by atoms with Crippen molar-refractivity contribution in [1.82, 2.24) is 25.4 Å². The van der Waals surface area contributed by atoms with Gasteiger partial charge in [0.05, 0.1) is 0 Å². The van der Waals surface area contributed by atoms with Gasteiger partial charge in [-0.3, -0.25) is 24.4 Å². The Morgan fingerprint density at radius 2 is 2.12 bits per heavy atom. The van der Waals surface area contributed by atoms with Gasteiger partial charge in [-0.15, -0.1) is 0 Å². The molecule has 0 spiro atoms. The van der Waals surface area contributed by atoms with Crippen LogP contribution in [0.15, 0.2) is 48.8 Å². The zero-order valence-electron chi connectivity index (χ0n) is 18.3. The van der Waals surface area contributed by atoms with E-state index in [1.165, 1.54) is 0 Å². The summed E-state index contributed by atoms with van der Waals surface area (Å²) in [6, 6.07) is 11.7. The van der Waals surface area contributed by atoms with Gasteiger partial charge >= 0.3 is 0 Å². The van der Waals surface area contributed by atoms with Crippen LogP contribution < -0.4 is 10.6 Å². The summed E-state index contributed by atoms with van der Waals surface area (Å²) < 4.78 is 0. The average Bonchev–Trinajstić information content (AvgIpc) is 3.16. The molecule has 3 heterocycles. The molecule has 2 amide bonds. The fourth-order valence-electron chi connectivity index (χ4n) is 4.79. The van der Waals surface area contributed by atoms with E-state index in [1.54, 1.807) is 12.4 Å². The SMILES string of the molecule is CN1C(CCC(=O)NCc2cccnc2)CNC(=O)C2C1CCN2Cc1cccc(Cl)c1. The van der Waals surface area contributed by atoms with Crippen molar-refractivity contribution in [2.24, 2.45) is 0 Å². The number of aromatic nitrogens is 1. The van der Waals surface area contributed by atoms with Crippen molar-refractivity contribution < 1.29 is 9.59 Å². The maximum Gasteiger partial charge on any atom is 0.239 e. The van der Waals surface area contributed by atoms with Gasteiger partial charge in [-0.1, -0.05) is 29.8 Å². The molecule has 2 aliphatic heterocycles. The third-order valence-corrected chi connectivity index (χ3v) is 6.78. The molecule has 1 aromatic carbocycles. The Morgan fingerprint density at radius 3 is 2.91 bits per heavy atom. The number of nitrogens with zero attached hydrogens (tertiary/aromatic N) is 3. The van der Waals surface area contributed by atoms with Gasteiger partial charge < -0.3 is 10.6 Å². The van der Waals surface area contributed by atoms with Gasteiger partial charge in [0.25, 0.3) is 0 Å². The molecule has 3 unspecified atom stereocenters. The van der Waals surface area contributed by atoms with Crippen molar-refractivity contribution in [2.75, 3.05) is 20.1 Å².